The quantitative estimate of drug-likeness (QED) is 0.204. The van der Waals surface area contributed by atoms with Crippen molar-refractivity contribution in [3.63, 3.8) is 0 Å². The van der Waals surface area contributed by atoms with E-state index in [0.29, 0.717) is 48.2 Å². The fraction of sp³-hybridized carbons (Fsp3) is 0.250. The monoisotopic (exact) mass is 544 g/mol. The molecule has 0 fully saturated rings. The number of hydrogen-bond donors (Lipinski definition) is 1. The van der Waals surface area contributed by atoms with Crippen LogP contribution in [-0.2, 0) is 14.6 Å². The van der Waals surface area contributed by atoms with Crippen molar-refractivity contribution in [2.75, 3.05) is 39.0 Å². The van der Waals surface area contributed by atoms with Gasteiger partial charge in [0.05, 0.1) is 27.4 Å². The summed E-state index contributed by atoms with van der Waals surface area (Å²) in [5.41, 5.74) is 0.301. The van der Waals surface area contributed by atoms with Crippen molar-refractivity contribution in [1.82, 2.24) is 9.36 Å². The summed E-state index contributed by atoms with van der Waals surface area (Å²) in [6.45, 7) is 0.835. The van der Waals surface area contributed by atoms with E-state index in [4.69, 9.17) is 18.9 Å². The van der Waals surface area contributed by atoms with Gasteiger partial charge in [-0.15, -0.1) is 0 Å². The standard InChI is InChI=1S/C24H24N4O7S2/c1-32-18-6-8-19(9-7-18)34-11-4-12-35-20-10-5-16(14-21(20)33-2)13-17(15-25)22(29)26-23-27-24(28-36-23)37(3,30)31/h5-10,13-14H,4,11-12H2,1-3H3,(H,26,27,28,29)/b17-13-. The molecule has 1 N–H and O–H groups in total. The van der Waals surface area contributed by atoms with Gasteiger partial charge >= 0.3 is 0 Å². The average molecular weight is 545 g/mol. The first-order valence-electron chi connectivity index (χ1n) is 10.8. The van der Waals surface area contributed by atoms with Gasteiger partial charge in [0.2, 0.25) is 15.0 Å². The fourth-order valence-corrected chi connectivity index (χ4v) is 4.33. The van der Waals surface area contributed by atoms with Crippen LogP contribution in [-0.4, -0.2) is 57.4 Å². The molecule has 0 atom stereocenters. The molecule has 0 aliphatic heterocycles. The first kappa shape index (κ1) is 27.4. The van der Waals surface area contributed by atoms with Gasteiger partial charge in [-0.25, -0.2) is 8.42 Å². The molecule has 3 rings (SSSR count). The van der Waals surface area contributed by atoms with Gasteiger partial charge < -0.3 is 18.9 Å². The number of nitriles is 1. The van der Waals surface area contributed by atoms with Gasteiger partial charge in [0.15, 0.2) is 11.5 Å². The molecule has 0 radical (unpaired) electrons. The number of carbonyl (C=O) groups is 1. The molecule has 0 spiro atoms. The van der Waals surface area contributed by atoms with E-state index in [0.717, 1.165) is 17.8 Å². The van der Waals surface area contributed by atoms with Crippen LogP contribution in [0.4, 0.5) is 5.13 Å². The van der Waals surface area contributed by atoms with E-state index in [-0.39, 0.29) is 10.7 Å². The highest BCUT2D eigenvalue weighted by Crippen LogP contribution is 2.29. The zero-order valence-electron chi connectivity index (χ0n) is 20.3. The Labute approximate surface area is 218 Å². The second-order valence-electron chi connectivity index (χ2n) is 7.41. The number of nitrogens with one attached hydrogen (secondary N) is 1. The van der Waals surface area contributed by atoms with Crippen LogP contribution in [0.5, 0.6) is 23.0 Å². The topological polar surface area (TPSA) is 150 Å². The summed E-state index contributed by atoms with van der Waals surface area (Å²) in [6, 6.07) is 14.1. The molecule has 3 aromatic rings. The number of hydrogen-bond acceptors (Lipinski definition) is 11. The van der Waals surface area contributed by atoms with Crippen LogP contribution >= 0.6 is 11.5 Å². The third-order valence-electron chi connectivity index (χ3n) is 4.70. The molecule has 0 bridgehead atoms. The Kier molecular flexibility index (Phi) is 9.42. The smallest absolute Gasteiger partial charge is 0.268 e. The number of methoxy groups -OCH3 is 2. The number of carbonyl (C=O) groups excluding carboxylic acids is 1. The maximum Gasteiger partial charge on any atom is 0.268 e. The van der Waals surface area contributed by atoms with Crippen LogP contribution in [0, 0.1) is 11.3 Å². The van der Waals surface area contributed by atoms with Gasteiger partial charge in [0.1, 0.15) is 23.1 Å². The molecule has 0 aliphatic carbocycles. The zero-order valence-corrected chi connectivity index (χ0v) is 21.9. The van der Waals surface area contributed by atoms with Gasteiger partial charge in [-0.3, -0.25) is 10.1 Å². The third-order valence-corrected chi connectivity index (χ3v) is 6.29. The maximum absolute atomic E-state index is 12.5. The lowest BCUT2D eigenvalue weighted by molar-refractivity contribution is -0.112. The van der Waals surface area contributed by atoms with Crippen LogP contribution in [0.1, 0.15) is 12.0 Å². The van der Waals surface area contributed by atoms with E-state index in [2.05, 4.69) is 14.7 Å². The normalized spacial score (nSPS) is 11.4. The lowest BCUT2D eigenvalue weighted by Crippen LogP contribution is -2.13. The Morgan fingerprint density at radius 1 is 1.05 bits per heavy atom. The molecule has 194 valence electrons. The van der Waals surface area contributed by atoms with E-state index in [1.54, 1.807) is 25.3 Å². The predicted molar refractivity (Wildman–Crippen MR) is 137 cm³/mol. The summed E-state index contributed by atoms with van der Waals surface area (Å²) in [4.78, 5) is 16.2. The number of anilines is 1. The molecular weight excluding hydrogens is 520 g/mol. The third kappa shape index (κ3) is 7.92. The summed E-state index contributed by atoms with van der Waals surface area (Å²) >= 11 is 0.699. The highest BCUT2D eigenvalue weighted by Gasteiger charge is 2.17. The predicted octanol–water partition coefficient (Wildman–Crippen LogP) is 3.35. The minimum absolute atomic E-state index is 0.0381. The van der Waals surface area contributed by atoms with E-state index < -0.39 is 20.9 Å². The van der Waals surface area contributed by atoms with Crippen LogP contribution in [0.2, 0.25) is 0 Å². The summed E-state index contributed by atoms with van der Waals surface area (Å²) in [6.07, 6.45) is 2.95. The van der Waals surface area contributed by atoms with Crippen molar-refractivity contribution in [3.8, 4) is 29.1 Å². The number of sulfone groups is 1. The number of ether oxygens (including phenoxy) is 4. The Balaban J connectivity index is 1.57. The second-order valence-corrected chi connectivity index (χ2v) is 10.1. The fourth-order valence-electron chi connectivity index (χ4n) is 2.89. The molecular formula is C24H24N4O7S2. The zero-order chi connectivity index (χ0) is 26.8. The van der Waals surface area contributed by atoms with Crippen LogP contribution in [0.3, 0.4) is 0 Å². The van der Waals surface area contributed by atoms with E-state index in [1.165, 1.54) is 13.2 Å². The first-order valence-corrected chi connectivity index (χ1v) is 13.4. The summed E-state index contributed by atoms with van der Waals surface area (Å²) in [5.74, 6) is 1.64. The summed E-state index contributed by atoms with van der Waals surface area (Å²) in [7, 11) is -0.526. The summed E-state index contributed by atoms with van der Waals surface area (Å²) < 4.78 is 48.7. The average Bonchev–Trinajstić information content (AvgIpc) is 3.37. The minimum Gasteiger partial charge on any atom is -0.497 e. The lowest BCUT2D eigenvalue weighted by atomic mass is 10.1. The summed E-state index contributed by atoms with van der Waals surface area (Å²) in [5, 5.41) is 11.4. The number of rotatable bonds is 12. The molecule has 11 nitrogen and oxygen atoms in total. The number of aromatic nitrogens is 2. The first-order chi connectivity index (χ1) is 17.7. The van der Waals surface area contributed by atoms with Gasteiger partial charge in [-0.05, 0) is 48.0 Å². The van der Waals surface area contributed by atoms with Crippen molar-refractivity contribution in [2.24, 2.45) is 0 Å². The van der Waals surface area contributed by atoms with Gasteiger partial charge in [0, 0.05) is 24.2 Å². The Bertz CT molecular complexity index is 1410. The molecule has 1 heterocycles. The Morgan fingerprint density at radius 2 is 1.76 bits per heavy atom. The van der Waals surface area contributed by atoms with Crippen molar-refractivity contribution in [2.45, 2.75) is 11.6 Å². The highest BCUT2D eigenvalue weighted by atomic mass is 32.2. The number of amides is 1. The van der Waals surface area contributed by atoms with Crippen molar-refractivity contribution < 1.29 is 32.2 Å². The molecule has 0 saturated carbocycles. The molecule has 0 aliphatic rings. The van der Waals surface area contributed by atoms with Crippen LogP contribution < -0.4 is 24.3 Å². The molecule has 13 heteroatoms. The van der Waals surface area contributed by atoms with Gasteiger partial charge in [-0.1, -0.05) is 6.07 Å². The maximum atomic E-state index is 12.5. The Hall–Kier alpha value is -4.15. The van der Waals surface area contributed by atoms with Gasteiger partial charge in [-0.2, -0.15) is 14.6 Å². The molecule has 1 amide bonds. The molecule has 0 saturated heterocycles. The number of benzene rings is 2. The molecule has 0 unspecified atom stereocenters. The van der Waals surface area contributed by atoms with E-state index in [9.17, 15) is 18.5 Å². The van der Waals surface area contributed by atoms with E-state index in [1.807, 2.05) is 30.3 Å². The Morgan fingerprint density at radius 3 is 2.38 bits per heavy atom. The second kappa shape index (κ2) is 12.7. The molecule has 1 aromatic heterocycles. The van der Waals surface area contributed by atoms with Crippen LogP contribution in [0.25, 0.3) is 6.08 Å². The van der Waals surface area contributed by atoms with Gasteiger partial charge in [0.25, 0.3) is 11.1 Å². The largest absolute Gasteiger partial charge is 0.497 e. The van der Waals surface area contributed by atoms with Crippen LogP contribution in [0.15, 0.2) is 53.2 Å². The molecule has 37 heavy (non-hydrogen) atoms. The van der Waals surface area contributed by atoms with Crippen molar-refractivity contribution in [3.05, 3.63) is 53.6 Å². The highest BCUT2D eigenvalue weighted by molar-refractivity contribution is 7.90. The van der Waals surface area contributed by atoms with Crippen molar-refractivity contribution >= 4 is 38.5 Å². The lowest BCUT2D eigenvalue weighted by Gasteiger charge is -2.12. The number of nitrogens with zero attached hydrogens (tertiary/aromatic N) is 3. The molecule has 2 aromatic carbocycles. The van der Waals surface area contributed by atoms with E-state index >= 15 is 0 Å². The SMILES string of the molecule is COc1ccc(OCCCOc2ccc(/C=C(/C#N)C(=O)Nc3nc(S(C)(=O)=O)ns3)cc2OC)cc1. The van der Waals surface area contributed by atoms with Crippen molar-refractivity contribution in [1.29, 1.82) is 5.26 Å². The minimum atomic E-state index is -3.61.